The largest absolute Gasteiger partial charge is 0.309 e. The van der Waals surface area contributed by atoms with E-state index in [1.54, 1.807) is 0 Å². The third-order valence-corrected chi connectivity index (χ3v) is 22.6. The molecule has 0 spiro atoms. The van der Waals surface area contributed by atoms with E-state index in [2.05, 4.69) is 455 Å². The van der Waals surface area contributed by atoms with Gasteiger partial charge in [0.1, 0.15) is 0 Å². The Morgan fingerprint density at radius 1 is 0.116 bits per heavy atom. The highest BCUT2D eigenvalue weighted by atomic mass is 15.0. The molecule has 524 valence electrons. The minimum absolute atomic E-state index is 1.15. The first-order valence-electron chi connectivity index (χ1n) is 38.5. The van der Waals surface area contributed by atoms with Crippen LogP contribution in [0, 0.1) is 0 Å². The molecule has 22 aromatic rings. The van der Waals surface area contributed by atoms with Gasteiger partial charge in [0.15, 0.2) is 0 Å². The lowest BCUT2D eigenvalue weighted by Gasteiger charge is -2.12. The van der Waals surface area contributed by atoms with Crippen molar-refractivity contribution in [1.82, 2.24) is 18.3 Å². The molecule has 0 aliphatic heterocycles. The summed E-state index contributed by atoms with van der Waals surface area (Å²) in [7, 11) is 0. The molecule has 0 saturated heterocycles. The molecule has 0 radical (unpaired) electrons. The molecule has 18 aromatic carbocycles. The highest BCUT2D eigenvalue weighted by Crippen LogP contribution is 2.45. The predicted molar refractivity (Wildman–Crippen MR) is 474 cm³/mol. The molecule has 4 nitrogen and oxygen atoms in total. The molecule has 0 bridgehead atoms. The van der Waals surface area contributed by atoms with Crippen LogP contribution in [-0.2, 0) is 0 Å². The summed E-state index contributed by atoms with van der Waals surface area (Å²) in [6.07, 6.45) is 0. The summed E-state index contributed by atoms with van der Waals surface area (Å²) in [4.78, 5) is 0. The highest BCUT2D eigenvalue weighted by molar-refractivity contribution is 6.19. The van der Waals surface area contributed by atoms with Gasteiger partial charge in [0.25, 0.3) is 0 Å². The van der Waals surface area contributed by atoms with Crippen LogP contribution in [0.25, 0.3) is 199 Å². The van der Waals surface area contributed by atoms with Crippen molar-refractivity contribution in [2.24, 2.45) is 0 Å². The van der Waals surface area contributed by atoms with E-state index < -0.39 is 0 Å². The van der Waals surface area contributed by atoms with Crippen molar-refractivity contribution in [3.8, 4) is 112 Å². The number of fused-ring (bicyclic) bond motifs is 12. The zero-order valence-electron chi connectivity index (χ0n) is 61.4. The number of rotatable bonds is 12. The molecule has 0 aliphatic carbocycles. The smallest absolute Gasteiger partial charge is 0.0547 e. The molecule has 0 fully saturated rings. The standard InChI is InChI=1S/2C54H36N2/c1-3-15-37(16-4-1)39-19-11-20-40(33-39)42-22-13-24-45(35-42)56-51-29-10-8-26-48(51)54-46(27-14-30-53(54)56)43-31-32-52-49(36-43)47-25-7-9-28-50(47)55(52)44-23-12-21-41(34-44)38-17-5-2-6-18-38;1-3-14-37(15-4-1)39-28-30-40(31-29-39)42-19-12-21-45(35-42)56-51-26-10-8-23-48(51)54-46(24-13-27-53(54)56)43-32-33-52-49(36-43)47-22-7-9-25-50(47)55(52)44-20-11-18-41(34-44)38-16-5-2-6-17-38/h2*1-36H. The van der Waals surface area contributed by atoms with Gasteiger partial charge in [-0.2, -0.15) is 0 Å². The van der Waals surface area contributed by atoms with Crippen LogP contribution in [0.2, 0.25) is 0 Å². The van der Waals surface area contributed by atoms with E-state index in [9.17, 15) is 0 Å². The van der Waals surface area contributed by atoms with Gasteiger partial charge in [-0.1, -0.05) is 322 Å². The second kappa shape index (κ2) is 27.7. The average molecular weight is 1430 g/mol. The lowest BCUT2D eigenvalue weighted by atomic mass is 9.98. The molecular weight excluding hydrogens is 1350 g/mol. The Morgan fingerprint density at radius 2 is 0.339 bits per heavy atom. The van der Waals surface area contributed by atoms with Gasteiger partial charge in [0.05, 0.1) is 44.1 Å². The van der Waals surface area contributed by atoms with E-state index in [0.717, 1.165) is 22.7 Å². The van der Waals surface area contributed by atoms with Gasteiger partial charge in [-0.25, -0.2) is 0 Å². The molecule has 4 heteroatoms. The molecule has 22 rings (SSSR count). The van der Waals surface area contributed by atoms with Crippen molar-refractivity contribution in [2.45, 2.75) is 0 Å². The van der Waals surface area contributed by atoms with E-state index in [4.69, 9.17) is 0 Å². The summed E-state index contributed by atoms with van der Waals surface area (Å²) >= 11 is 0. The maximum Gasteiger partial charge on any atom is 0.0547 e. The number of benzene rings is 18. The third-order valence-electron chi connectivity index (χ3n) is 22.6. The van der Waals surface area contributed by atoms with E-state index in [-0.39, 0.29) is 0 Å². The number of hydrogen-bond donors (Lipinski definition) is 0. The lowest BCUT2D eigenvalue weighted by molar-refractivity contribution is 1.18. The van der Waals surface area contributed by atoms with Gasteiger partial charge in [-0.15, -0.1) is 0 Å². The van der Waals surface area contributed by atoms with Crippen molar-refractivity contribution < 1.29 is 0 Å². The van der Waals surface area contributed by atoms with Gasteiger partial charge >= 0.3 is 0 Å². The fourth-order valence-electron chi connectivity index (χ4n) is 17.5. The monoisotopic (exact) mass is 1420 g/mol. The maximum atomic E-state index is 2.43. The first-order valence-corrected chi connectivity index (χ1v) is 38.5. The Hall–Kier alpha value is -14.8. The Kier molecular flexibility index (Phi) is 16.2. The van der Waals surface area contributed by atoms with Crippen molar-refractivity contribution >= 4 is 87.2 Å². The number of nitrogens with zero attached hydrogens (tertiary/aromatic N) is 4. The number of hydrogen-bond acceptors (Lipinski definition) is 0. The zero-order valence-corrected chi connectivity index (χ0v) is 61.4. The predicted octanol–water partition coefficient (Wildman–Crippen LogP) is 29.1. The summed E-state index contributed by atoms with van der Waals surface area (Å²) in [6, 6.07) is 159. The normalized spacial score (nSPS) is 11.6. The molecule has 0 aliphatic rings. The van der Waals surface area contributed by atoms with Crippen LogP contribution in [0.5, 0.6) is 0 Å². The zero-order chi connectivity index (χ0) is 74.0. The van der Waals surface area contributed by atoms with E-state index in [1.807, 2.05) is 0 Å². The maximum absolute atomic E-state index is 2.43. The van der Waals surface area contributed by atoms with Crippen molar-refractivity contribution in [2.75, 3.05) is 0 Å². The average Bonchev–Trinajstić information content (AvgIpc) is 1.58. The van der Waals surface area contributed by atoms with Crippen molar-refractivity contribution in [3.05, 3.63) is 437 Å². The second-order valence-corrected chi connectivity index (χ2v) is 29.1. The van der Waals surface area contributed by atoms with Crippen LogP contribution in [0.4, 0.5) is 0 Å². The molecule has 0 N–H and O–H groups in total. The van der Waals surface area contributed by atoms with Crippen LogP contribution in [0.1, 0.15) is 0 Å². The Labute approximate surface area is 649 Å². The van der Waals surface area contributed by atoms with Gasteiger partial charge in [-0.3, -0.25) is 0 Å². The Morgan fingerprint density at radius 3 is 0.714 bits per heavy atom. The van der Waals surface area contributed by atoms with Gasteiger partial charge in [-0.05, 0) is 204 Å². The summed E-state index contributed by atoms with van der Waals surface area (Å²) in [6.45, 7) is 0. The minimum Gasteiger partial charge on any atom is -0.309 e. The summed E-state index contributed by atoms with van der Waals surface area (Å²) < 4.78 is 9.69. The first kappa shape index (κ1) is 65.5. The summed E-state index contributed by atoms with van der Waals surface area (Å²) in [5.74, 6) is 0. The molecule has 0 unspecified atom stereocenters. The SMILES string of the molecule is c1ccc(-c2ccc(-c3cccc(-n4c5ccccc5c5c(-c6ccc7c(c6)c6ccccc6n7-c6cccc(-c7ccccc7)c6)cccc54)c3)cc2)cc1.c1ccc(-c2cccc(-c3cccc(-n4c5ccccc5c5c(-c6ccc7c(c6)c6ccccc6n7-c6cccc(-c7ccccc7)c6)cccc54)c3)c2)cc1. The molecule has 0 atom stereocenters. The van der Waals surface area contributed by atoms with E-state index in [1.165, 1.54) is 176 Å². The fourth-order valence-corrected chi connectivity index (χ4v) is 17.5. The minimum atomic E-state index is 1.15. The molecule has 112 heavy (non-hydrogen) atoms. The second-order valence-electron chi connectivity index (χ2n) is 29.1. The molecule has 4 heterocycles. The Balaban J connectivity index is 0.000000141. The van der Waals surface area contributed by atoms with Gasteiger partial charge < -0.3 is 18.3 Å². The Bertz CT molecular complexity index is 7340. The fraction of sp³-hybridized carbons (Fsp3) is 0. The third kappa shape index (κ3) is 11.5. The molecule has 0 amide bonds. The highest BCUT2D eigenvalue weighted by Gasteiger charge is 2.23. The molecule has 4 aromatic heterocycles. The van der Waals surface area contributed by atoms with Crippen LogP contribution < -0.4 is 0 Å². The summed E-state index contributed by atoms with van der Waals surface area (Å²) in [5, 5.41) is 10.0. The first-order chi connectivity index (χ1) is 55.6. The quantitative estimate of drug-likeness (QED) is 0.116. The van der Waals surface area contributed by atoms with Crippen LogP contribution >= 0.6 is 0 Å². The van der Waals surface area contributed by atoms with Crippen LogP contribution in [0.3, 0.4) is 0 Å². The summed E-state index contributed by atoms with van der Waals surface area (Å²) in [5.41, 5.74) is 33.6. The van der Waals surface area contributed by atoms with E-state index >= 15 is 0 Å². The van der Waals surface area contributed by atoms with E-state index in [0.29, 0.717) is 0 Å². The number of aromatic nitrogens is 4. The topological polar surface area (TPSA) is 19.7 Å². The molecule has 0 saturated carbocycles. The van der Waals surface area contributed by atoms with Crippen molar-refractivity contribution in [3.63, 3.8) is 0 Å². The molecular formula is C108H72N4. The van der Waals surface area contributed by atoms with Crippen LogP contribution in [-0.4, -0.2) is 18.3 Å². The lowest BCUT2D eigenvalue weighted by Crippen LogP contribution is -1.95. The van der Waals surface area contributed by atoms with Crippen LogP contribution in [0.15, 0.2) is 437 Å². The number of para-hydroxylation sites is 4. The van der Waals surface area contributed by atoms with Crippen molar-refractivity contribution in [1.29, 1.82) is 0 Å². The van der Waals surface area contributed by atoms with Gasteiger partial charge in [0.2, 0.25) is 0 Å². The van der Waals surface area contributed by atoms with Gasteiger partial charge in [0, 0.05) is 65.8 Å².